The predicted molar refractivity (Wildman–Crippen MR) is 73.6 cm³/mol. The average molecular weight is 261 g/mol. The molecule has 0 saturated carbocycles. The molecule has 0 radical (unpaired) electrons. The van der Waals surface area contributed by atoms with Crippen molar-refractivity contribution in [2.45, 2.75) is 6.54 Å². The van der Waals surface area contributed by atoms with Crippen molar-refractivity contribution in [1.29, 1.82) is 0 Å². The van der Waals surface area contributed by atoms with Crippen LogP contribution in [0.25, 0.3) is 6.08 Å². The summed E-state index contributed by atoms with van der Waals surface area (Å²) in [5.74, 6) is -0.523. The number of hydrogen-bond donors (Lipinski definition) is 3. The summed E-state index contributed by atoms with van der Waals surface area (Å²) in [6.07, 6.45) is 2.96. The molecule has 1 aliphatic rings. The minimum atomic E-state index is -0.523. The Morgan fingerprint density at radius 1 is 1.32 bits per heavy atom. The zero-order valence-electron chi connectivity index (χ0n) is 10.8. The number of benzene rings is 1. The van der Waals surface area contributed by atoms with E-state index in [0.717, 1.165) is 38.3 Å². The van der Waals surface area contributed by atoms with Gasteiger partial charge in [-0.25, -0.2) is 5.48 Å². The maximum atomic E-state index is 10.9. The maximum Gasteiger partial charge on any atom is 0.267 e. The van der Waals surface area contributed by atoms with Crippen molar-refractivity contribution in [3.05, 3.63) is 41.5 Å². The predicted octanol–water partition coefficient (Wildman–Crippen LogP) is 0.610. The van der Waals surface area contributed by atoms with Gasteiger partial charge in [-0.1, -0.05) is 24.3 Å². The van der Waals surface area contributed by atoms with Crippen molar-refractivity contribution < 1.29 is 10.0 Å². The molecular weight excluding hydrogens is 242 g/mol. The summed E-state index contributed by atoms with van der Waals surface area (Å²) in [6.45, 7) is 5.23. The topological polar surface area (TPSA) is 64.6 Å². The van der Waals surface area contributed by atoms with E-state index in [1.807, 2.05) is 12.1 Å². The summed E-state index contributed by atoms with van der Waals surface area (Å²) in [4.78, 5) is 13.3. The third-order valence-electron chi connectivity index (χ3n) is 3.13. The van der Waals surface area contributed by atoms with Crippen LogP contribution in [-0.4, -0.2) is 42.2 Å². The van der Waals surface area contributed by atoms with Gasteiger partial charge in [0.1, 0.15) is 0 Å². The zero-order chi connectivity index (χ0) is 13.5. The summed E-state index contributed by atoms with van der Waals surface area (Å²) in [6, 6.07) is 8.08. The molecule has 0 spiro atoms. The Kier molecular flexibility index (Phi) is 5.09. The van der Waals surface area contributed by atoms with Crippen molar-refractivity contribution in [2.75, 3.05) is 26.2 Å². The number of hydrogen-bond acceptors (Lipinski definition) is 4. The molecule has 1 fully saturated rings. The van der Waals surface area contributed by atoms with E-state index >= 15 is 0 Å². The highest BCUT2D eigenvalue weighted by atomic mass is 16.5. The lowest BCUT2D eigenvalue weighted by atomic mass is 10.1. The van der Waals surface area contributed by atoms with Gasteiger partial charge in [0, 0.05) is 38.8 Å². The van der Waals surface area contributed by atoms with Crippen molar-refractivity contribution in [2.24, 2.45) is 0 Å². The van der Waals surface area contributed by atoms with Crippen LogP contribution in [0, 0.1) is 0 Å². The summed E-state index contributed by atoms with van der Waals surface area (Å²) >= 11 is 0. The standard InChI is InChI=1S/C14H19N3O2/c18-14(16-19)6-5-12-1-3-13(4-2-12)11-17-9-7-15-8-10-17/h1-6,15,19H,7-11H2,(H,16,18)/b6-5+. The molecular formula is C14H19N3O2. The molecule has 5 nitrogen and oxygen atoms in total. The first-order valence-electron chi connectivity index (χ1n) is 6.42. The Morgan fingerprint density at radius 3 is 2.63 bits per heavy atom. The molecule has 1 heterocycles. The molecule has 3 N–H and O–H groups in total. The second-order valence-electron chi connectivity index (χ2n) is 4.58. The van der Waals surface area contributed by atoms with Crippen LogP contribution >= 0.6 is 0 Å². The van der Waals surface area contributed by atoms with Gasteiger partial charge in [-0.3, -0.25) is 14.9 Å². The lowest BCUT2D eigenvalue weighted by Gasteiger charge is -2.27. The van der Waals surface area contributed by atoms with Crippen LogP contribution < -0.4 is 10.8 Å². The highest BCUT2D eigenvalue weighted by Crippen LogP contribution is 2.09. The lowest BCUT2D eigenvalue weighted by Crippen LogP contribution is -2.42. The van der Waals surface area contributed by atoms with Crippen molar-refractivity contribution >= 4 is 12.0 Å². The molecule has 5 heteroatoms. The second kappa shape index (κ2) is 7.04. The Bertz CT molecular complexity index is 437. The van der Waals surface area contributed by atoms with Gasteiger partial charge in [0.25, 0.3) is 5.91 Å². The van der Waals surface area contributed by atoms with E-state index in [1.54, 1.807) is 11.6 Å². The molecule has 1 aromatic rings. The molecule has 19 heavy (non-hydrogen) atoms. The van der Waals surface area contributed by atoms with E-state index in [2.05, 4.69) is 22.3 Å². The summed E-state index contributed by atoms with van der Waals surface area (Å²) in [7, 11) is 0. The fraction of sp³-hybridized carbons (Fsp3) is 0.357. The van der Waals surface area contributed by atoms with Crippen LogP contribution in [0.4, 0.5) is 0 Å². The van der Waals surface area contributed by atoms with Crippen LogP contribution in [0.3, 0.4) is 0 Å². The average Bonchev–Trinajstić information content (AvgIpc) is 2.47. The van der Waals surface area contributed by atoms with Gasteiger partial charge in [0.2, 0.25) is 0 Å². The molecule has 2 rings (SSSR count). The highest BCUT2D eigenvalue weighted by Gasteiger charge is 2.09. The molecule has 0 bridgehead atoms. The van der Waals surface area contributed by atoms with Crippen molar-refractivity contribution in [3.63, 3.8) is 0 Å². The SMILES string of the molecule is O=C(/C=C/c1ccc(CN2CCNCC2)cc1)NO. The van der Waals surface area contributed by atoms with E-state index in [0.29, 0.717) is 0 Å². The minimum Gasteiger partial charge on any atom is -0.314 e. The molecule has 0 aliphatic carbocycles. The second-order valence-corrected chi connectivity index (χ2v) is 4.58. The van der Waals surface area contributed by atoms with Gasteiger partial charge in [0.15, 0.2) is 0 Å². The first-order chi connectivity index (χ1) is 9.28. The largest absolute Gasteiger partial charge is 0.314 e. The molecule has 0 atom stereocenters. The molecule has 0 unspecified atom stereocenters. The Labute approximate surface area is 112 Å². The Hall–Kier alpha value is -1.69. The molecule has 1 saturated heterocycles. The number of carbonyl (C=O) groups excluding carboxylic acids is 1. The van der Waals surface area contributed by atoms with Crippen molar-refractivity contribution in [3.8, 4) is 0 Å². The van der Waals surface area contributed by atoms with Crippen LogP contribution in [0.2, 0.25) is 0 Å². The van der Waals surface area contributed by atoms with E-state index in [1.165, 1.54) is 11.6 Å². The maximum absolute atomic E-state index is 10.9. The summed E-state index contributed by atoms with van der Waals surface area (Å²) in [5, 5.41) is 11.7. The van der Waals surface area contributed by atoms with Crippen LogP contribution in [0.5, 0.6) is 0 Å². The van der Waals surface area contributed by atoms with E-state index < -0.39 is 5.91 Å². The van der Waals surface area contributed by atoms with Gasteiger partial charge in [-0.15, -0.1) is 0 Å². The van der Waals surface area contributed by atoms with Gasteiger partial charge in [-0.05, 0) is 17.2 Å². The Morgan fingerprint density at radius 2 is 2.00 bits per heavy atom. The smallest absolute Gasteiger partial charge is 0.267 e. The normalized spacial score (nSPS) is 16.7. The lowest BCUT2D eigenvalue weighted by molar-refractivity contribution is -0.124. The summed E-state index contributed by atoms with van der Waals surface area (Å²) in [5.41, 5.74) is 3.77. The van der Waals surface area contributed by atoms with E-state index in [9.17, 15) is 4.79 Å². The van der Waals surface area contributed by atoms with Gasteiger partial charge >= 0.3 is 0 Å². The van der Waals surface area contributed by atoms with Gasteiger partial charge in [-0.2, -0.15) is 0 Å². The molecule has 1 aliphatic heterocycles. The zero-order valence-corrected chi connectivity index (χ0v) is 10.8. The number of hydroxylamine groups is 1. The van der Waals surface area contributed by atoms with Gasteiger partial charge in [0.05, 0.1) is 0 Å². The number of carbonyl (C=O) groups is 1. The minimum absolute atomic E-state index is 0.523. The number of rotatable bonds is 4. The van der Waals surface area contributed by atoms with Gasteiger partial charge < -0.3 is 5.32 Å². The quantitative estimate of drug-likeness (QED) is 0.422. The number of piperazine rings is 1. The Balaban J connectivity index is 1.90. The molecule has 102 valence electrons. The monoisotopic (exact) mass is 261 g/mol. The number of amides is 1. The molecule has 1 aromatic carbocycles. The highest BCUT2D eigenvalue weighted by molar-refractivity contribution is 5.90. The van der Waals surface area contributed by atoms with Crippen LogP contribution in [0.1, 0.15) is 11.1 Å². The van der Waals surface area contributed by atoms with Crippen LogP contribution in [0.15, 0.2) is 30.3 Å². The number of nitrogens with zero attached hydrogens (tertiary/aromatic N) is 1. The number of nitrogens with one attached hydrogen (secondary N) is 2. The van der Waals surface area contributed by atoms with E-state index in [4.69, 9.17) is 5.21 Å². The third-order valence-corrected chi connectivity index (χ3v) is 3.13. The first-order valence-corrected chi connectivity index (χ1v) is 6.42. The fourth-order valence-corrected chi connectivity index (χ4v) is 2.07. The molecule has 0 aromatic heterocycles. The summed E-state index contributed by atoms with van der Waals surface area (Å²) < 4.78 is 0. The molecule has 1 amide bonds. The van der Waals surface area contributed by atoms with E-state index in [-0.39, 0.29) is 0 Å². The van der Waals surface area contributed by atoms with Crippen LogP contribution in [-0.2, 0) is 11.3 Å². The fourth-order valence-electron chi connectivity index (χ4n) is 2.07. The third kappa shape index (κ3) is 4.48. The first kappa shape index (κ1) is 13.7. The van der Waals surface area contributed by atoms with Crippen molar-refractivity contribution in [1.82, 2.24) is 15.7 Å².